The van der Waals surface area contributed by atoms with Crippen LogP contribution in [0.1, 0.15) is 0 Å². The molecule has 0 fully saturated rings. The third-order valence-electron chi connectivity index (χ3n) is 8.35. The van der Waals surface area contributed by atoms with E-state index in [-0.39, 0.29) is 0 Å². The van der Waals surface area contributed by atoms with Crippen LogP contribution in [-0.2, 0) is 4.12 Å². The van der Waals surface area contributed by atoms with Crippen molar-refractivity contribution in [1.29, 1.82) is 0 Å². The Bertz CT molecular complexity index is 1540. The Kier molecular flexibility index (Phi) is 13.4. The average Bonchev–Trinajstić information content (AvgIpc) is 3.19. The molecule has 276 valence electrons. The van der Waals surface area contributed by atoms with Crippen LogP contribution < -0.4 is 77.6 Å². The Morgan fingerprint density at radius 1 is 0.235 bits per heavy atom. The predicted octanol–water partition coefficient (Wildman–Crippen LogP) is 2.18. The van der Waals surface area contributed by atoms with Gasteiger partial charge in [0.05, 0.1) is 85.3 Å². The van der Waals surface area contributed by atoms with Gasteiger partial charge in [0.25, 0.3) is 0 Å². The van der Waals surface area contributed by atoms with Gasteiger partial charge in [-0.05, 0) is 24.3 Å². The quantitative estimate of drug-likeness (QED) is 0.139. The lowest BCUT2D eigenvalue weighted by Gasteiger charge is -2.30. The van der Waals surface area contributed by atoms with Crippen molar-refractivity contribution in [3.05, 3.63) is 48.5 Å². The fourth-order valence-corrected chi connectivity index (χ4v) is 12.9. The molecule has 0 heterocycles. The summed E-state index contributed by atoms with van der Waals surface area (Å²) in [5, 5.41) is 2.93. The van der Waals surface area contributed by atoms with Gasteiger partial charge < -0.3 is 61.0 Å². The Morgan fingerprint density at radius 2 is 0.392 bits per heavy atom. The Balaban J connectivity index is 2.18. The molecule has 51 heavy (non-hydrogen) atoms. The number of hydrogen-bond acceptors (Lipinski definition) is 13. The minimum Gasteiger partial charge on any atom is -0.497 e. The second-order valence-corrected chi connectivity index (χ2v) is 15.8. The van der Waals surface area contributed by atoms with Crippen molar-refractivity contribution >= 4 is 38.8 Å². The smallest absolute Gasteiger partial charge is 0.236 e. The molecule has 0 amide bonds. The molecule has 0 bridgehead atoms. The van der Waals surface area contributed by atoms with Crippen molar-refractivity contribution < 1.29 is 61.0 Å². The van der Waals surface area contributed by atoms with Crippen molar-refractivity contribution in [2.24, 2.45) is 0 Å². The van der Waals surface area contributed by atoms with E-state index in [9.17, 15) is 0 Å². The first-order valence-corrected chi connectivity index (χ1v) is 18.8. The molecule has 13 nitrogen and oxygen atoms in total. The summed E-state index contributed by atoms with van der Waals surface area (Å²) in [6, 6.07) is 14.6. The number of ether oxygens (including phenoxy) is 12. The molecule has 0 spiro atoms. The van der Waals surface area contributed by atoms with E-state index in [2.05, 4.69) is 0 Å². The number of rotatable bonds is 18. The lowest BCUT2D eigenvalue weighted by molar-refractivity contribution is 0.349. The molecule has 0 aliphatic rings. The maximum Gasteiger partial charge on any atom is 0.236 e. The zero-order chi connectivity index (χ0) is 37.2. The van der Waals surface area contributed by atoms with Crippen molar-refractivity contribution in [3.8, 4) is 69.0 Å². The first kappa shape index (κ1) is 38.7. The van der Waals surface area contributed by atoms with Crippen molar-refractivity contribution in [2.45, 2.75) is 0 Å². The van der Waals surface area contributed by atoms with Crippen molar-refractivity contribution in [3.63, 3.8) is 0 Å². The van der Waals surface area contributed by atoms with Crippen molar-refractivity contribution in [1.82, 2.24) is 0 Å². The number of hydrogen-bond donors (Lipinski definition) is 0. The molecule has 15 heteroatoms. The van der Waals surface area contributed by atoms with Crippen LogP contribution in [0.5, 0.6) is 69.0 Å². The number of methoxy groups -OCH3 is 12. The summed E-state index contributed by atoms with van der Waals surface area (Å²) in [6.07, 6.45) is 0. The minimum absolute atomic E-state index is 0.486. The molecule has 0 atom stereocenters. The molecule has 0 aromatic heterocycles. The lowest BCUT2D eigenvalue weighted by atomic mass is 10.3. The average molecular weight is 743 g/mol. The van der Waals surface area contributed by atoms with Gasteiger partial charge in [0, 0.05) is 45.0 Å². The molecule has 0 saturated carbocycles. The molecule has 0 unspecified atom stereocenters. The minimum atomic E-state index is -2.98. The summed E-state index contributed by atoms with van der Waals surface area (Å²) >= 11 is 0. The van der Waals surface area contributed by atoms with E-state index < -0.39 is 18.1 Å². The fourth-order valence-electron chi connectivity index (χ4n) is 5.80. The van der Waals surface area contributed by atoms with Crippen LogP contribution in [0.3, 0.4) is 0 Å². The molecule has 0 aliphatic carbocycles. The predicted molar refractivity (Wildman–Crippen MR) is 198 cm³/mol. The molecular weight excluding hydrogens is 697 g/mol. The molecule has 0 saturated heterocycles. The SMILES string of the molecule is COc1cc(OC)c([SiH](O[SiH](c2cc(OC)c(OC)cc2OC)c2cc(OC)c(OC)cc2OC)c2cc(OC)c(OC)cc2OC)cc1OC. The molecule has 0 N–H and O–H groups in total. The molecule has 4 aromatic carbocycles. The standard InChI is InChI=1S/C36H46O13Si2/c1-37-21-13-29(45-9)33(17-25(21)41-5)50(34-18-26(42-6)22(38-2)14-30(34)46-10)49-51(35-19-27(43-7)23(39-3)15-31(35)47-11)36-20-28(44-8)24(40-4)16-32(36)48-12/h13-20,50-51H,1-12H3. The van der Waals surface area contributed by atoms with Crippen LogP contribution in [-0.4, -0.2) is 103 Å². The van der Waals surface area contributed by atoms with Crippen LogP contribution in [0, 0.1) is 0 Å². The highest BCUT2D eigenvalue weighted by Gasteiger charge is 2.36. The van der Waals surface area contributed by atoms with E-state index in [1.165, 1.54) is 0 Å². The molecular formula is C36H46O13Si2. The van der Waals surface area contributed by atoms with Crippen LogP contribution in [0.25, 0.3) is 0 Å². The van der Waals surface area contributed by atoms with Gasteiger partial charge in [-0.15, -0.1) is 0 Å². The summed E-state index contributed by atoms with van der Waals surface area (Å²) in [6.45, 7) is 0. The second-order valence-electron chi connectivity index (χ2n) is 10.7. The fraction of sp³-hybridized carbons (Fsp3) is 0.333. The first-order valence-electron chi connectivity index (χ1n) is 15.6. The summed E-state index contributed by atoms with van der Waals surface area (Å²) < 4.78 is 77.3. The molecule has 4 aromatic rings. The zero-order valence-electron chi connectivity index (χ0n) is 31.1. The Morgan fingerprint density at radius 3 is 0.549 bits per heavy atom. The number of benzene rings is 4. The van der Waals surface area contributed by atoms with Gasteiger partial charge in [-0.2, -0.15) is 0 Å². The van der Waals surface area contributed by atoms with E-state index in [1.54, 1.807) is 110 Å². The summed E-state index contributed by atoms with van der Waals surface area (Å²) in [5.74, 6) is 5.98. The van der Waals surface area contributed by atoms with Gasteiger partial charge in [-0.25, -0.2) is 0 Å². The van der Waals surface area contributed by atoms with Gasteiger partial charge in [-0.3, -0.25) is 0 Å². The Hall–Kier alpha value is -5.13. The monoisotopic (exact) mass is 742 g/mol. The third-order valence-corrected chi connectivity index (χ3v) is 14.6. The largest absolute Gasteiger partial charge is 0.497 e. The third kappa shape index (κ3) is 7.79. The molecule has 0 radical (unpaired) electrons. The topological polar surface area (TPSA) is 120 Å². The lowest BCUT2D eigenvalue weighted by Crippen LogP contribution is -2.57. The maximum absolute atomic E-state index is 7.63. The van der Waals surface area contributed by atoms with Crippen LogP contribution >= 0.6 is 0 Å². The zero-order valence-corrected chi connectivity index (χ0v) is 33.4. The van der Waals surface area contributed by atoms with Crippen LogP contribution in [0.15, 0.2) is 48.5 Å². The van der Waals surface area contributed by atoms with Gasteiger partial charge in [-0.1, -0.05) is 0 Å². The van der Waals surface area contributed by atoms with Crippen LogP contribution in [0.2, 0.25) is 0 Å². The highest BCUT2D eigenvalue weighted by Crippen LogP contribution is 2.36. The van der Waals surface area contributed by atoms with Crippen molar-refractivity contribution in [2.75, 3.05) is 85.3 Å². The first-order chi connectivity index (χ1) is 24.7. The van der Waals surface area contributed by atoms with E-state index >= 15 is 0 Å². The summed E-state index contributed by atoms with van der Waals surface area (Å²) in [4.78, 5) is 0. The van der Waals surface area contributed by atoms with Gasteiger partial charge in [0.2, 0.25) is 18.1 Å². The van der Waals surface area contributed by atoms with E-state index in [0.717, 1.165) is 20.7 Å². The highest BCUT2D eigenvalue weighted by atomic mass is 28.4. The van der Waals surface area contributed by atoms with Crippen LogP contribution in [0.4, 0.5) is 0 Å². The van der Waals surface area contributed by atoms with E-state index in [4.69, 9.17) is 61.0 Å². The molecule has 0 aliphatic heterocycles. The Labute approximate surface area is 302 Å². The van der Waals surface area contributed by atoms with Gasteiger partial charge in [0.1, 0.15) is 23.0 Å². The second kappa shape index (κ2) is 17.7. The molecule has 4 rings (SSSR count). The maximum atomic E-state index is 7.63. The van der Waals surface area contributed by atoms with E-state index in [1.807, 2.05) is 24.3 Å². The summed E-state index contributed by atoms with van der Waals surface area (Å²) in [5.41, 5.74) is 0. The van der Waals surface area contributed by atoms with Gasteiger partial charge in [0.15, 0.2) is 46.0 Å². The highest BCUT2D eigenvalue weighted by molar-refractivity contribution is 6.93. The normalized spacial score (nSPS) is 10.8. The van der Waals surface area contributed by atoms with Gasteiger partial charge >= 0.3 is 0 Å². The van der Waals surface area contributed by atoms with E-state index in [0.29, 0.717) is 69.0 Å². The summed E-state index contributed by atoms with van der Waals surface area (Å²) in [7, 11) is 13.0.